The number of H-pyrrole nitrogens is 1. The Morgan fingerprint density at radius 2 is 2.05 bits per heavy atom. The second-order valence-corrected chi connectivity index (χ2v) is 5.72. The number of nitrogens with zero attached hydrogens (tertiary/aromatic N) is 1. The van der Waals surface area contributed by atoms with E-state index < -0.39 is 0 Å². The number of halogens is 1. The number of rotatable bonds is 2. The summed E-state index contributed by atoms with van der Waals surface area (Å²) in [5, 5.41) is 9.77. The fourth-order valence-corrected chi connectivity index (χ4v) is 2.65. The Balaban J connectivity index is 2.13. The molecule has 0 aliphatic carbocycles. The van der Waals surface area contributed by atoms with Gasteiger partial charge in [-0.05, 0) is 36.8 Å². The third-order valence-corrected chi connectivity index (χ3v) is 4.34. The van der Waals surface area contributed by atoms with Crippen LogP contribution in [0.3, 0.4) is 0 Å². The summed E-state index contributed by atoms with van der Waals surface area (Å²) in [6.07, 6.45) is 1.70. The van der Waals surface area contributed by atoms with Gasteiger partial charge in [0.2, 0.25) is 0 Å². The molecule has 3 rings (SSSR count). The molecule has 0 saturated carbocycles. The lowest BCUT2D eigenvalue weighted by atomic mass is 10.0. The molecule has 2 aromatic carbocycles. The van der Waals surface area contributed by atoms with Gasteiger partial charge in [0.1, 0.15) is 0 Å². The number of aryl methyl sites for hydroxylation is 1. The first kappa shape index (κ1) is 13.6. The molecule has 21 heavy (non-hydrogen) atoms. The maximum Gasteiger partial charge on any atom is 0.195 e. The molecule has 0 spiro atoms. The zero-order valence-electron chi connectivity index (χ0n) is 11.3. The maximum absolute atomic E-state index is 12.7. The topological polar surface area (TPSA) is 56.6 Å². The van der Waals surface area contributed by atoms with E-state index in [9.17, 15) is 4.79 Å². The number of benzene rings is 2. The maximum atomic E-state index is 12.7. The molecule has 0 fully saturated rings. The van der Waals surface area contributed by atoms with Gasteiger partial charge in [-0.1, -0.05) is 28.1 Å². The zero-order chi connectivity index (χ0) is 15.0. The molecule has 1 aromatic heterocycles. The fraction of sp³-hybridized carbons (Fsp3) is 0.0588. The smallest absolute Gasteiger partial charge is 0.195 e. The van der Waals surface area contributed by atoms with Crippen LogP contribution in [0.25, 0.3) is 10.9 Å². The Hall–Kier alpha value is -2.38. The predicted octanol–water partition coefficient (Wildman–Crippen LogP) is 4.34. The van der Waals surface area contributed by atoms with Crippen LogP contribution in [-0.2, 0) is 0 Å². The number of hydrogen-bond acceptors (Lipinski definition) is 2. The van der Waals surface area contributed by atoms with E-state index in [0.717, 1.165) is 20.9 Å². The van der Waals surface area contributed by atoms with Crippen molar-refractivity contribution >= 4 is 32.6 Å². The van der Waals surface area contributed by atoms with Crippen LogP contribution in [0.5, 0.6) is 0 Å². The van der Waals surface area contributed by atoms with Crippen LogP contribution >= 0.6 is 15.9 Å². The van der Waals surface area contributed by atoms with Crippen molar-refractivity contribution in [1.82, 2.24) is 4.98 Å². The molecule has 0 unspecified atom stereocenters. The lowest BCUT2D eigenvalue weighted by Gasteiger charge is -2.03. The van der Waals surface area contributed by atoms with Crippen molar-refractivity contribution in [2.75, 3.05) is 0 Å². The summed E-state index contributed by atoms with van der Waals surface area (Å²) < 4.78 is 0.908. The second-order valence-electron chi connectivity index (χ2n) is 4.87. The van der Waals surface area contributed by atoms with E-state index in [-0.39, 0.29) is 5.78 Å². The highest BCUT2D eigenvalue weighted by Gasteiger charge is 2.15. The SMILES string of the molecule is Cc1ccc(C(=O)c2c[nH]c3ccc(C#N)cc23)cc1Br. The Bertz CT molecular complexity index is 903. The summed E-state index contributed by atoms with van der Waals surface area (Å²) in [4.78, 5) is 15.7. The van der Waals surface area contributed by atoms with Gasteiger partial charge in [0.15, 0.2) is 5.78 Å². The molecule has 3 nitrogen and oxygen atoms in total. The largest absolute Gasteiger partial charge is 0.360 e. The van der Waals surface area contributed by atoms with Gasteiger partial charge in [-0.2, -0.15) is 5.26 Å². The lowest BCUT2D eigenvalue weighted by Crippen LogP contribution is -2.00. The third-order valence-electron chi connectivity index (χ3n) is 3.49. The molecular formula is C17H11BrN2O. The van der Waals surface area contributed by atoms with E-state index >= 15 is 0 Å². The lowest BCUT2D eigenvalue weighted by molar-refractivity contribution is 0.104. The molecule has 4 heteroatoms. The summed E-state index contributed by atoms with van der Waals surface area (Å²) in [6, 6.07) is 12.9. The number of ketones is 1. The standard InChI is InChI=1S/C17H11BrN2O/c1-10-2-4-12(7-15(10)18)17(21)14-9-20-16-5-3-11(8-19)6-13(14)16/h2-7,9,20H,1H3. The summed E-state index contributed by atoms with van der Waals surface area (Å²) in [5.41, 5.74) is 3.68. The minimum atomic E-state index is -0.0583. The molecular weight excluding hydrogens is 328 g/mol. The summed E-state index contributed by atoms with van der Waals surface area (Å²) >= 11 is 3.45. The van der Waals surface area contributed by atoms with Crippen LogP contribution in [0.4, 0.5) is 0 Å². The van der Waals surface area contributed by atoms with Crippen molar-refractivity contribution in [3.8, 4) is 6.07 Å². The van der Waals surface area contributed by atoms with E-state index in [4.69, 9.17) is 5.26 Å². The van der Waals surface area contributed by atoms with Gasteiger partial charge in [-0.3, -0.25) is 4.79 Å². The number of aromatic amines is 1. The molecule has 0 amide bonds. The number of nitrogens with one attached hydrogen (secondary N) is 1. The fourth-order valence-electron chi connectivity index (χ4n) is 2.27. The third kappa shape index (κ3) is 2.37. The van der Waals surface area contributed by atoms with Crippen LogP contribution in [-0.4, -0.2) is 10.8 Å². The van der Waals surface area contributed by atoms with Gasteiger partial charge >= 0.3 is 0 Å². The number of aromatic nitrogens is 1. The van der Waals surface area contributed by atoms with E-state index in [0.29, 0.717) is 16.7 Å². The summed E-state index contributed by atoms with van der Waals surface area (Å²) in [5.74, 6) is -0.0583. The molecule has 3 aromatic rings. The number of nitriles is 1. The Morgan fingerprint density at radius 3 is 2.76 bits per heavy atom. The average Bonchev–Trinajstić information content (AvgIpc) is 2.92. The minimum absolute atomic E-state index is 0.0583. The van der Waals surface area contributed by atoms with Gasteiger partial charge in [0, 0.05) is 32.7 Å². The first-order valence-electron chi connectivity index (χ1n) is 6.42. The van der Waals surface area contributed by atoms with Gasteiger partial charge < -0.3 is 4.98 Å². The number of carbonyl (C=O) groups is 1. The van der Waals surface area contributed by atoms with E-state index in [1.165, 1.54) is 0 Å². The van der Waals surface area contributed by atoms with Gasteiger partial charge in [0.05, 0.1) is 11.6 Å². The minimum Gasteiger partial charge on any atom is -0.360 e. The first-order valence-corrected chi connectivity index (χ1v) is 7.21. The normalized spacial score (nSPS) is 10.5. The number of hydrogen-bond donors (Lipinski definition) is 1. The summed E-state index contributed by atoms with van der Waals surface area (Å²) in [7, 11) is 0. The molecule has 0 saturated heterocycles. The molecule has 0 aliphatic heterocycles. The first-order chi connectivity index (χ1) is 10.1. The van der Waals surface area contributed by atoms with E-state index in [2.05, 4.69) is 27.0 Å². The van der Waals surface area contributed by atoms with Crippen LogP contribution < -0.4 is 0 Å². The van der Waals surface area contributed by atoms with Gasteiger partial charge in [0.25, 0.3) is 0 Å². The predicted molar refractivity (Wildman–Crippen MR) is 85.3 cm³/mol. The number of carbonyl (C=O) groups excluding carboxylic acids is 1. The van der Waals surface area contributed by atoms with E-state index in [1.807, 2.05) is 31.2 Å². The summed E-state index contributed by atoms with van der Waals surface area (Å²) in [6.45, 7) is 1.98. The van der Waals surface area contributed by atoms with Gasteiger partial charge in [-0.25, -0.2) is 0 Å². The Labute approximate surface area is 130 Å². The van der Waals surface area contributed by atoms with Crippen molar-refractivity contribution in [2.45, 2.75) is 6.92 Å². The molecule has 0 aliphatic rings. The van der Waals surface area contributed by atoms with Crippen molar-refractivity contribution in [3.05, 3.63) is 69.3 Å². The molecule has 1 N–H and O–H groups in total. The molecule has 1 heterocycles. The number of fused-ring (bicyclic) bond motifs is 1. The monoisotopic (exact) mass is 338 g/mol. The van der Waals surface area contributed by atoms with Crippen LogP contribution in [0.1, 0.15) is 27.0 Å². The quantitative estimate of drug-likeness (QED) is 0.706. The highest BCUT2D eigenvalue weighted by Crippen LogP contribution is 2.24. The second kappa shape index (κ2) is 5.19. The highest BCUT2D eigenvalue weighted by molar-refractivity contribution is 9.10. The molecule has 0 bridgehead atoms. The van der Waals surface area contributed by atoms with Gasteiger partial charge in [-0.15, -0.1) is 0 Å². The van der Waals surface area contributed by atoms with Crippen molar-refractivity contribution < 1.29 is 4.79 Å². The zero-order valence-corrected chi connectivity index (χ0v) is 12.9. The van der Waals surface area contributed by atoms with Crippen LogP contribution in [0.15, 0.2) is 47.1 Å². The van der Waals surface area contributed by atoms with Crippen LogP contribution in [0, 0.1) is 18.3 Å². The van der Waals surface area contributed by atoms with E-state index in [1.54, 1.807) is 18.3 Å². The molecule has 102 valence electrons. The van der Waals surface area contributed by atoms with Crippen LogP contribution in [0.2, 0.25) is 0 Å². The molecule has 0 radical (unpaired) electrons. The average molecular weight is 339 g/mol. The Kier molecular flexibility index (Phi) is 3.36. The van der Waals surface area contributed by atoms with Crippen molar-refractivity contribution in [1.29, 1.82) is 5.26 Å². The molecule has 0 atom stereocenters. The Morgan fingerprint density at radius 1 is 1.24 bits per heavy atom. The van der Waals surface area contributed by atoms with Crippen molar-refractivity contribution in [2.24, 2.45) is 0 Å². The van der Waals surface area contributed by atoms with Crippen molar-refractivity contribution in [3.63, 3.8) is 0 Å². The highest BCUT2D eigenvalue weighted by atomic mass is 79.9.